The van der Waals surface area contributed by atoms with Gasteiger partial charge in [0.05, 0.1) is 28.9 Å². The lowest BCUT2D eigenvalue weighted by atomic mass is 9.74. The molecule has 3 aromatic heterocycles. The Balaban J connectivity index is 1.25. The third-order valence-corrected chi connectivity index (χ3v) is 9.42. The van der Waals surface area contributed by atoms with E-state index >= 15 is 0 Å². The summed E-state index contributed by atoms with van der Waals surface area (Å²) in [4.78, 5) is 11.0. The summed E-state index contributed by atoms with van der Waals surface area (Å²) in [6.45, 7) is 6.62. The third kappa shape index (κ3) is 4.64. The number of aromatic amines is 1. The van der Waals surface area contributed by atoms with Gasteiger partial charge in [0.25, 0.3) is 0 Å². The summed E-state index contributed by atoms with van der Waals surface area (Å²) in [5.41, 5.74) is 4.08. The van der Waals surface area contributed by atoms with E-state index in [1.54, 1.807) is 7.11 Å². The summed E-state index contributed by atoms with van der Waals surface area (Å²) in [7, 11) is -1.55. The average Bonchev–Trinajstić information content (AvgIpc) is 3.24. The Morgan fingerprint density at radius 1 is 1.05 bits per heavy atom. The zero-order valence-electron chi connectivity index (χ0n) is 22.4. The second kappa shape index (κ2) is 9.76. The Hall–Kier alpha value is -3.12. The molecule has 5 heterocycles. The molecular weight excluding hydrogens is 575 g/mol. The number of hydrogen-bond acceptors (Lipinski definition) is 8. The maximum absolute atomic E-state index is 11.8. The largest absolute Gasteiger partial charge is 0.493 e. The number of aromatic nitrogens is 4. The number of pyridine rings is 2. The van der Waals surface area contributed by atoms with Crippen LogP contribution in [0.4, 0.5) is 5.82 Å². The normalized spacial score (nSPS) is 17.5. The van der Waals surface area contributed by atoms with Crippen LogP contribution in [0.1, 0.15) is 24.2 Å². The summed E-state index contributed by atoms with van der Waals surface area (Å²) >= 11 is 12.7. The third-order valence-electron chi connectivity index (χ3n) is 7.62. The molecule has 0 bridgehead atoms. The van der Waals surface area contributed by atoms with Gasteiger partial charge in [-0.2, -0.15) is 5.10 Å². The summed E-state index contributed by atoms with van der Waals surface area (Å²) in [5, 5.41) is 9.35. The lowest BCUT2D eigenvalue weighted by Crippen LogP contribution is -2.73. The van der Waals surface area contributed by atoms with Crippen molar-refractivity contribution in [3.8, 4) is 22.8 Å². The van der Waals surface area contributed by atoms with Crippen molar-refractivity contribution in [2.45, 2.75) is 20.0 Å². The van der Waals surface area contributed by atoms with Gasteiger partial charge in [0.2, 0.25) is 10.0 Å². The van der Waals surface area contributed by atoms with E-state index in [0.717, 1.165) is 46.6 Å². The number of aryl methyl sites for hydroxylation is 1. The molecule has 2 fully saturated rings. The topological polar surface area (TPSA) is 114 Å². The molecule has 1 atom stereocenters. The van der Waals surface area contributed by atoms with Gasteiger partial charge in [-0.05, 0) is 31.5 Å². The highest BCUT2D eigenvalue weighted by molar-refractivity contribution is 7.88. The summed E-state index contributed by atoms with van der Waals surface area (Å²) in [5.74, 6) is 1.96. The maximum atomic E-state index is 11.8. The van der Waals surface area contributed by atoms with Crippen molar-refractivity contribution >= 4 is 49.9 Å². The lowest BCUT2D eigenvalue weighted by molar-refractivity contribution is 0.0394. The van der Waals surface area contributed by atoms with Crippen LogP contribution >= 0.6 is 23.2 Å². The lowest BCUT2D eigenvalue weighted by Gasteiger charge is -2.59. The number of hydrogen-bond donors (Lipinski definition) is 1. The van der Waals surface area contributed by atoms with Gasteiger partial charge in [0.15, 0.2) is 11.5 Å². The van der Waals surface area contributed by atoms with Crippen molar-refractivity contribution in [3.05, 3.63) is 58.0 Å². The van der Waals surface area contributed by atoms with Crippen LogP contribution in [0.5, 0.6) is 11.5 Å². The number of ether oxygens (including phenoxy) is 2. The summed E-state index contributed by atoms with van der Waals surface area (Å²) < 4.78 is 36.9. The quantitative estimate of drug-likeness (QED) is 0.319. The molecule has 1 N–H and O–H groups in total. The van der Waals surface area contributed by atoms with Crippen LogP contribution in [-0.2, 0) is 10.0 Å². The number of rotatable bonds is 7. The van der Waals surface area contributed by atoms with E-state index in [4.69, 9.17) is 37.7 Å². The molecule has 10 nitrogen and oxygen atoms in total. The molecule has 40 heavy (non-hydrogen) atoms. The first-order chi connectivity index (χ1) is 19.0. The zero-order valence-corrected chi connectivity index (χ0v) is 24.7. The highest BCUT2D eigenvalue weighted by Crippen LogP contribution is 2.44. The first kappa shape index (κ1) is 27.1. The molecule has 13 heteroatoms. The second-order valence-corrected chi connectivity index (χ2v) is 13.4. The van der Waals surface area contributed by atoms with Crippen molar-refractivity contribution in [1.82, 2.24) is 24.5 Å². The van der Waals surface area contributed by atoms with Crippen LogP contribution < -0.4 is 14.4 Å². The zero-order chi connectivity index (χ0) is 28.4. The Bertz CT molecular complexity index is 1710. The van der Waals surface area contributed by atoms with Gasteiger partial charge < -0.3 is 14.4 Å². The van der Waals surface area contributed by atoms with Crippen LogP contribution in [0.15, 0.2) is 36.8 Å². The molecule has 0 aliphatic carbocycles. The van der Waals surface area contributed by atoms with Crippen molar-refractivity contribution in [1.29, 1.82) is 0 Å². The molecule has 2 aliphatic rings. The molecule has 4 aromatic rings. The van der Waals surface area contributed by atoms with Crippen molar-refractivity contribution in [2.75, 3.05) is 44.4 Å². The molecule has 1 unspecified atom stereocenters. The summed E-state index contributed by atoms with van der Waals surface area (Å²) in [6.07, 6.45) is 5.68. The number of nitrogens with zero attached hydrogens (tertiary/aromatic N) is 5. The molecule has 0 saturated carbocycles. The monoisotopic (exact) mass is 602 g/mol. The van der Waals surface area contributed by atoms with Crippen LogP contribution in [-0.4, -0.2) is 72.4 Å². The maximum Gasteiger partial charge on any atom is 0.211 e. The highest BCUT2D eigenvalue weighted by Gasteiger charge is 2.54. The number of methoxy groups -OCH3 is 1. The standard InChI is InChI=1S/C27H28Cl2N6O4S/c1-15-5-17(8-31-26(15)34-11-27(12-34)13-35(14-27)40(4,36)37)25-18-6-23(22(38-3)7-21(18)32-33-25)39-16(2)24-19(28)9-30-10-20(24)29/h5-10,16H,11-14H2,1-4H3,(H,32,33). The van der Waals surface area contributed by atoms with Crippen molar-refractivity contribution < 1.29 is 17.9 Å². The SMILES string of the molecule is COc1cc2[nH]nc(-c3cnc(N4CC5(C4)CN(S(C)(=O)=O)C5)c(C)c3)c2cc1OC(C)c1c(Cl)cncc1Cl. The Morgan fingerprint density at radius 2 is 1.75 bits per heavy atom. The van der Waals surface area contributed by atoms with E-state index < -0.39 is 16.1 Å². The number of anilines is 1. The molecule has 6 rings (SSSR count). The number of benzene rings is 1. The Morgan fingerprint density at radius 3 is 2.38 bits per heavy atom. The van der Waals surface area contributed by atoms with Gasteiger partial charge in [-0.3, -0.25) is 10.1 Å². The van der Waals surface area contributed by atoms with E-state index in [-0.39, 0.29) is 5.41 Å². The second-order valence-electron chi connectivity index (χ2n) is 10.6. The molecule has 1 aromatic carbocycles. The van der Waals surface area contributed by atoms with Gasteiger partial charge in [0.1, 0.15) is 17.6 Å². The van der Waals surface area contributed by atoms with E-state index in [1.165, 1.54) is 23.0 Å². The van der Waals surface area contributed by atoms with E-state index in [9.17, 15) is 8.42 Å². The minimum Gasteiger partial charge on any atom is -0.493 e. The Labute approximate surface area is 242 Å². The minimum absolute atomic E-state index is 0.0333. The molecule has 0 amide bonds. The number of H-pyrrole nitrogens is 1. The molecule has 0 radical (unpaired) electrons. The predicted molar refractivity (Wildman–Crippen MR) is 155 cm³/mol. The predicted octanol–water partition coefficient (Wildman–Crippen LogP) is 4.87. The average molecular weight is 604 g/mol. The summed E-state index contributed by atoms with van der Waals surface area (Å²) in [6, 6.07) is 5.80. The van der Waals surface area contributed by atoms with Crippen LogP contribution in [0.25, 0.3) is 22.2 Å². The van der Waals surface area contributed by atoms with Gasteiger partial charge in [-0.25, -0.2) is 17.7 Å². The van der Waals surface area contributed by atoms with Gasteiger partial charge in [-0.15, -0.1) is 0 Å². The molecule has 2 aliphatic heterocycles. The van der Waals surface area contributed by atoms with Gasteiger partial charge >= 0.3 is 0 Å². The molecule has 2 saturated heterocycles. The molecular formula is C27H28Cl2N6O4S. The van der Waals surface area contributed by atoms with Crippen molar-refractivity contribution in [3.63, 3.8) is 0 Å². The first-order valence-corrected chi connectivity index (χ1v) is 15.3. The van der Waals surface area contributed by atoms with Crippen LogP contribution in [0.2, 0.25) is 10.0 Å². The van der Waals surface area contributed by atoms with E-state index in [0.29, 0.717) is 40.2 Å². The number of halogens is 2. The van der Waals surface area contributed by atoms with E-state index in [2.05, 4.69) is 26.1 Å². The number of fused-ring (bicyclic) bond motifs is 1. The smallest absolute Gasteiger partial charge is 0.211 e. The molecule has 210 valence electrons. The first-order valence-electron chi connectivity index (χ1n) is 12.7. The number of nitrogens with one attached hydrogen (secondary N) is 1. The van der Waals surface area contributed by atoms with E-state index in [1.807, 2.05) is 32.2 Å². The highest BCUT2D eigenvalue weighted by atomic mass is 35.5. The Kier molecular flexibility index (Phi) is 6.60. The fraction of sp³-hybridized carbons (Fsp3) is 0.370. The fourth-order valence-corrected chi connectivity index (χ4v) is 7.32. The van der Waals surface area contributed by atoms with Crippen molar-refractivity contribution in [2.24, 2.45) is 5.41 Å². The number of sulfonamides is 1. The minimum atomic E-state index is -3.13. The van der Waals surface area contributed by atoms with Gasteiger partial charge in [-0.1, -0.05) is 23.2 Å². The van der Waals surface area contributed by atoms with Crippen LogP contribution in [0.3, 0.4) is 0 Å². The van der Waals surface area contributed by atoms with Gasteiger partial charge in [0, 0.05) is 72.8 Å². The molecule has 1 spiro atoms. The fourth-order valence-electron chi connectivity index (χ4n) is 5.63. The van der Waals surface area contributed by atoms with Crippen LogP contribution in [0, 0.1) is 12.3 Å².